The van der Waals surface area contributed by atoms with Crippen molar-refractivity contribution in [3.63, 3.8) is 0 Å². The largest absolute Gasteiger partial charge is 0.292 e. The van der Waals surface area contributed by atoms with Gasteiger partial charge in [-0.05, 0) is 43.2 Å². The Bertz CT molecular complexity index is 582. The van der Waals surface area contributed by atoms with Gasteiger partial charge in [-0.1, -0.05) is 6.07 Å². The Labute approximate surface area is 105 Å². The third kappa shape index (κ3) is 2.47. The molecule has 0 bridgehead atoms. The predicted molar refractivity (Wildman–Crippen MR) is 67.1 cm³/mol. The van der Waals surface area contributed by atoms with Crippen LogP contribution in [0.5, 0.6) is 0 Å². The molecule has 0 atom stereocenters. The van der Waals surface area contributed by atoms with E-state index in [-0.39, 0.29) is 18.0 Å². The summed E-state index contributed by atoms with van der Waals surface area (Å²) in [5.74, 6) is -0.328. The summed E-state index contributed by atoms with van der Waals surface area (Å²) in [6, 6.07) is 6.23. The van der Waals surface area contributed by atoms with Crippen LogP contribution in [0.25, 0.3) is 0 Å². The first-order chi connectivity index (χ1) is 8.47. The second-order valence-corrected chi connectivity index (χ2v) is 4.47. The molecule has 1 aromatic heterocycles. The third-order valence-electron chi connectivity index (χ3n) is 3.06. The van der Waals surface area contributed by atoms with Crippen LogP contribution in [0.1, 0.15) is 27.3 Å². The molecule has 3 nitrogen and oxygen atoms in total. The van der Waals surface area contributed by atoms with Crippen molar-refractivity contribution in [2.24, 2.45) is 7.05 Å². The van der Waals surface area contributed by atoms with Crippen molar-refractivity contribution in [3.05, 3.63) is 52.6 Å². The zero-order chi connectivity index (χ0) is 13.3. The predicted octanol–water partition coefficient (Wildman–Crippen LogP) is 2.60. The average molecular weight is 246 g/mol. The van der Waals surface area contributed by atoms with E-state index in [1.807, 2.05) is 6.92 Å². The van der Waals surface area contributed by atoms with Gasteiger partial charge in [0.1, 0.15) is 11.5 Å². The van der Waals surface area contributed by atoms with Crippen LogP contribution in [0.4, 0.5) is 4.39 Å². The van der Waals surface area contributed by atoms with Crippen LogP contribution >= 0.6 is 0 Å². The van der Waals surface area contributed by atoms with E-state index in [0.717, 1.165) is 16.8 Å². The number of ketones is 1. The summed E-state index contributed by atoms with van der Waals surface area (Å²) < 4.78 is 14.6. The van der Waals surface area contributed by atoms with E-state index in [1.54, 1.807) is 30.8 Å². The molecule has 0 radical (unpaired) electrons. The molecule has 2 aromatic rings. The summed E-state index contributed by atoms with van der Waals surface area (Å²) in [5, 5.41) is 4.15. The number of carbonyl (C=O) groups is 1. The van der Waals surface area contributed by atoms with Crippen molar-refractivity contribution in [1.82, 2.24) is 9.78 Å². The molecule has 0 aliphatic rings. The lowest BCUT2D eigenvalue weighted by Crippen LogP contribution is -2.06. The maximum absolute atomic E-state index is 13.0. The standard InChI is InChI=1S/C14H15FN2O/c1-9-6-12(15)5-4-11(9)8-14(18)13-7-10(2)17(3)16-13/h4-7H,8H2,1-3H3. The fourth-order valence-electron chi connectivity index (χ4n) is 1.82. The van der Waals surface area contributed by atoms with E-state index in [4.69, 9.17) is 0 Å². The van der Waals surface area contributed by atoms with Gasteiger partial charge in [-0.15, -0.1) is 0 Å². The summed E-state index contributed by atoms with van der Waals surface area (Å²) in [7, 11) is 1.80. The van der Waals surface area contributed by atoms with Crippen molar-refractivity contribution in [2.75, 3.05) is 0 Å². The van der Waals surface area contributed by atoms with Gasteiger partial charge >= 0.3 is 0 Å². The topological polar surface area (TPSA) is 34.9 Å². The van der Waals surface area contributed by atoms with Crippen LogP contribution in [0.15, 0.2) is 24.3 Å². The average Bonchev–Trinajstić information content (AvgIpc) is 2.63. The Morgan fingerprint density at radius 1 is 1.33 bits per heavy atom. The molecule has 1 aromatic carbocycles. The quantitative estimate of drug-likeness (QED) is 0.780. The number of hydrogen-bond donors (Lipinski definition) is 0. The Morgan fingerprint density at radius 2 is 2.06 bits per heavy atom. The zero-order valence-electron chi connectivity index (χ0n) is 10.7. The molecule has 0 N–H and O–H groups in total. The lowest BCUT2D eigenvalue weighted by molar-refractivity contribution is 0.0987. The molecule has 18 heavy (non-hydrogen) atoms. The molecule has 0 saturated carbocycles. The number of rotatable bonds is 3. The lowest BCUT2D eigenvalue weighted by Gasteiger charge is -2.03. The Morgan fingerprint density at radius 3 is 2.61 bits per heavy atom. The number of Topliss-reactive ketones (excluding diaryl/α,β-unsaturated/α-hetero) is 1. The SMILES string of the molecule is Cc1cc(F)ccc1CC(=O)c1cc(C)n(C)n1. The number of aromatic nitrogens is 2. The minimum atomic E-state index is -0.280. The highest BCUT2D eigenvalue weighted by Crippen LogP contribution is 2.13. The first-order valence-electron chi connectivity index (χ1n) is 5.76. The van der Waals surface area contributed by atoms with Gasteiger partial charge in [0.25, 0.3) is 0 Å². The monoisotopic (exact) mass is 246 g/mol. The first kappa shape index (κ1) is 12.5. The summed E-state index contributed by atoms with van der Waals surface area (Å²) in [5.41, 5.74) is 3.02. The molecule has 0 spiro atoms. The smallest absolute Gasteiger partial charge is 0.187 e. The fourth-order valence-corrected chi connectivity index (χ4v) is 1.82. The normalized spacial score (nSPS) is 10.7. The van der Waals surface area contributed by atoms with E-state index in [0.29, 0.717) is 5.69 Å². The van der Waals surface area contributed by atoms with Crippen molar-refractivity contribution >= 4 is 5.78 Å². The van der Waals surface area contributed by atoms with Gasteiger partial charge in [0, 0.05) is 19.2 Å². The molecule has 4 heteroatoms. The minimum absolute atomic E-state index is 0.0478. The molecule has 0 unspecified atom stereocenters. The molecule has 2 rings (SSSR count). The molecule has 0 aliphatic heterocycles. The van der Waals surface area contributed by atoms with Gasteiger partial charge in [0.05, 0.1) is 0 Å². The van der Waals surface area contributed by atoms with E-state index in [2.05, 4.69) is 5.10 Å². The molecule has 1 heterocycles. The van der Waals surface area contributed by atoms with Crippen molar-refractivity contribution in [3.8, 4) is 0 Å². The van der Waals surface area contributed by atoms with E-state index < -0.39 is 0 Å². The molecule has 94 valence electrons. The Kier molecular flexibility index (Phi) is 3.28. The summed E-state index contributed by atoms with van der Waals surface area (Å²) in [6.07, 6.45) is 0.253. The van der Waals surface area contributed by atoms with Crippen LogP contribution in [-0.4, -0.2) is 15.6 Å². The highest BCUT2D eigenvalue weighted by atomic mass is 19.1. The van der Waals surface area contributed by atoms with E-state index in [1.165, 1.54) is 12.1 Å². The first-order valence-corrected chi connectivity index (χ1v) is 5.76. The van der Waals surface area contributed by atoms with Crippen LogP contribution < -0.4 is 0 Å². The van der Waals surface area contributed by atoms with Gasteiger partial charge in [0.2, 0.25) is 0 Å². The van der Waals surface area contributed by atoms with Crippen molar-refractivity contribution in [2.45, 2.75) is 20.3 Å². The van der Waals surface area contributed by atoms with Gasteiger partial charge in [-0.25, -0.2) is 4.39 Å². The van der Waals surface area contributed by atoms with Crippen LogP contribution in [0.3, 0.4) is 0 Å². The van der Waals surface area contributed by atoms with Crippen molar-refractivity contribution < 1.29 is 9.18 Å². The van der Waals surface area contributed by atoms with Gasteiger partial charge in [0.15, 0.2) is 5.78 Å². The molecular formula is C14H15FN2O. The van der Waals surface area contributed by atoms with Gasteiger partial charge < -0.3 is 0 Å². The molecule has 0 aliphatic carbocycles. The minimum Gasteiger partial charge on any atom is -0.292 e. The van der Waals surface area contributed by atoms with E-state index >= 15 is 0 Å². The molecule has 0 fully saturated rings. The second kappa shape index (κ2) is 4.72. The fraction of sp³-hybridized carbons (Fsp3) is 0.286. The van der Waals surface area contributed by atoms with Crippen LogP contribution in [0.2, 0.25) is 0 Å². The summed E-state index contributed by atoms with van der Waals surface area (Å²) in [6.45, 7) is 3.70. The Balaban J connectivity index is 2.21. The Hall–Kier alpha value is -1.97. The maximum atomic E-state index is 13.0. The molecular weight excluding hydrogens is 231 g/mol. The maximum Gasteiger partial charge on any atom is 0.187 e. The second-order valence-electron chi connectivity index (χ2n) is 4.47. The van der Waals surface area contributed by atoms with Crippen molar-refractivity contribution in [1.29, 1.82) is 0 Å². The number of nitrogens with zero attached hydrogens (tertiary/aromatic N) is 2. The molecule has 0 amide bonds. The number of hydrogen-bond acceptors (Lipinski definition) is 2. The highest BCUT2D eigenvalue weighted by Gasteiger charge is 2.13. The van der Waals surface area contributed by atoms with E-state index in [9.17, 15) is 9.18 Å². The third-order valence-corrected chi connectivity index (χ3v) is 3.06. The highest BCUT2D eigenvalue weighted by molar-refractivity contribution is 5.96. The summed E-state index contributed by atoms with van der Waals surface area (Å²) in [4.78, 5) is 12.0. The number of aryl methyl sites for hydroxylation is 3. The number of carbonyl (C=O) groups excluding carboxylic acids is 1. The lowest BCUT2D eigenvalue weighted by atomic mass is 10.0. The number of benzene rings is 1. The van der Waals surface area contributed by atoms with Gasteiger partial charge in [-0.2, -0.15) is 5.10 Å². The van der Waals surface area contributed by atoms with Crippen LogP contribution in [0, 0.1) is 19.7 Å². The molecule has 0 saturated heterocycles. The van der Waals surface area contributed by atoms with Gasteiger partial charge in [-0.3, -0.25) is 9.48 Å². The van der Waals surface area contributed by atoms with Crippen LogP contribution in [-0.2, 0) is 13.5 Å². The zero-order valence-corrected chi connectivity index (χ0v) is 10.7. The number of halogens is 1. The summed E-state index contributed by atoms with van der Waals surface area (Å²) >= 11 is 0.